The quantitative estimate of drug-likeness (QED) is 0.151. The number of nitro benzene ring substituents is 1. The molecule has 0 saturated carbocycles. The highest BCUT2D eigenvalue weighted by atomic mass is 35.5. The minimum absolute atomic E-state index is 0.110. The molecule has 5 aromatic carbocycles. The molecular formula is C35H22Cl2N2O4. The van der Waals surface area contributed by atoms with Crippen molar-refractivity contribution < 1.29 is 14.5 Å². The highest BCUT2D eigenvalue weighted by Gasteiger charge is 2.50. The zero-order valence-electron chi connectivity index (χ0n) is 22.5. The second-order valence-electron chi connectivity index (χ2n) is 10.4. The van der Waals surface area contributed by atoms with Crippen molar-refractivity contribution in [2.75, 3.05) is 4.90 Å². The van der Waals surface area contributed by atoms with Gasteiger partial charge < -0.3 is 4.74 Å². The van der Waals surface area contributed by atoms with Crippen LogP contribution in [-0.4, -0.2) is 10.8 Å². The van der Waals surface area contributed by atoms with Crippen LogP contribution in [0.15, 0.2) is 121 Å². The number of carbonyl (C=O) groups excluding carboxylic acids is 1. The Morgan fingerprint density at radius 3 is 2.07 bits per heavy atom. The van der Waals surface area contributed by atoms with E-state index in [1.807, 2.05) is 91.0 Å². The van der Waals surface area contributed by atoms with Crippen molar-refractivity contribution in [1.29, 1.82) is 0 Å². The lowest BCUT2D eigenvalue weighted by Crippen LogP contribution is -2.47. The number of hydrogen-bond donors (Lipinski definition) is 0. The van der Waals surface area contributed by atoms with E-state index in [1.54, 1.807) is 17.0 Å². The summed E-state index contributed by atoms with van der Waals surface area (Å²) < 4.78 is 7.08. The summed E-state index contributed by atoms with van der Waals surface area (Å²) in [6.45, 7) is 0. The molecule has 0 unspecified atom stereocenters. The number of ether oxygens (including phenoxy) is 1. The largest absolute Gasteiger partial charge is 0.471 e. The zero-order chi connectivity index (χ0) is 29.7. The molecule has 1 amide bonds. The summed E-state index contributed by atoms with van der Waals surface area (Å²) in [6, 6.07) is 34.0. The van der Waals surface area contributed by atoms with Crippen LogP contribution in [0.5, 0.6) is 5.75 Å². The molecule has 3 aliphatic rings. The summed E-state index contributed by atoms with van der Waals surface area (Å²) in [6.07, 6.45) is 4.07. The van der Waals surface area contributed by atoms with E-state index in [0.29, 0.717) is 16.5 Å². The summed E-state index contributed by atoms with van der Waals surface area (Å²) in [4.78, 5) is 27.0. The normalized spacial score (nSPS) is 18.2. The van der Waals surface area contributed by atoms with Crippen LogP contribution in [0.25, 0.3) is 6.08 Å². The van der Waals surface area contributed by atoms with Gasteiger partial charge in [0.15, 0.2) is 5.60 Å². The Balaban J connectivity index is 1.53. The first-order chi connectivity index (χ1) is 20.9. The van der Waals surface area contributed by atoms with Gasteiger partial charge in [-0.05, 0) is 41.0 Å². The van der Waals surface area contributed by atoms with Crippen molar-refractivity contribution in [3.8, 4) is 5.75 Å². The molecule has 0 fully saturated rings. The molecule has 5 aromatic rings. The van der Waals surface area contributed by atoms with Crippen molar-refractivity contribution in [2.24, 2.45) is 0 Å². The third-order valence-corrected chi connectivity index (χ3v) is 8.43. The van der Waals surface area contributed by atoms with Crippen molar-refractivity contribution >= 4 is 46.6 Å². The number of benzene rings is 5. The zero-order valence-corrected chi connectivity index (χ0v) is 24.0. The molecule has 8 heteroatoms. The van der Waals surface area contributed by atoms with E-state index in [9.17, 15) is 14.9 Å². The average Bonchev–Trinajstić information content (AvgIpc) is 3.01. The predicted octanol–water partition coefficient (Wildman–Crippen LogP) is 9.00. The number of rotatable bonds is 4. The number of halogens is 2. The smallest absolute Gasteiger partial charge is 0.269 e. The first kappa shape index (κ1) is 27.0. The summed E-state index contributed by atoms with van der Waals surface area (Å²) >= 11 is 13.4. The average molecular weight is 605 g/mol. The van der Waals surface area contributed by atoms with E-state index >= 15 is 0 Å². The number of nitro groups is 1. The molecule has 0 radical (unpaired) electrons. The maximum Gasteiger partial charge on any atom is 0.269 e. The Hall–Kier alpha value is -4.91. The summed E-state index contributed by atoms with van der Waals surface area (Å²) in [5.74, 6) is -0.0627. The lowest BCUT2D eigenvalue weighted by Gasteiger charge is -2.48. The molecular weight excluding hydrogens is 583 g/mol. The Kier molecular flexibility index (Phi) is 6.53. The molecule has 0 N–H and O–H groups in total. The number of nitrogens with zero attached hydrogens (tertiary/aromatic N) is 2. The van der Waals surface area contributed by atoms with Gasteiger partial charge in [0.05, 0.1) is 16.0 Å². The van der Waals surface area contributed by atoms with E-state index < -0.39 is 22.5 Å². The molecule has 0 aromatic heterocycles. The topological polar surface area (TPSA) is 72.7 Å². The molecule has 0 atom stereocenters. The van der Waals surface area contributed by atoms with Crippen molar-refractivity contribution in [3.63, 3.8) is 0 Å². The number of amides is 1. The number of carbonyl (C=O) groups is 1. The molecule has 0 saturated heterocycles. The summed E-state index contributed by atoms with van der Waals surface area (Å²) in [5, 5.41) is 11.9. The maximum absolute atomic E-state index is 14.5. The molecule has 43 heavy (non-hydrogen) atoms. The number of anilines is 1. The number of non-ortho nitro benzene ring substituents is 1. The maximum atomic E-state index is 14.5. The van der Waals surface area contributed by atoms with Crippen LogP contribution in [-0.2, 0) is 5.60 Å². The van der Waals surface area contributed by atoms with Crippen LogP contribution in [0.2, 0.25) is 10.0 Å². The predicted molar refractivity (Wildman–Crippen MR) is 168 cm³/mol. The minimum atomic E-state index is -1.08. The lowest BCUT2D eigenvalue weighted by atomic mass is 9.70. The van der Waals surface area contributed by atoms with E-state index in [1.165, 1.54) is 24.3 Å². The Morgan fingerprint density at radius 1 is 0.837 bits per heavy atom. The monoisotopic (exact) mass is 604 g/mol. The van der Waals surface area contributed by atoms with Gasteiger partial charge in [-0.15, -0.1) is 0 Å². The Labute approximate surface area is 257 Å². The van der Waals surface area contributed by atoms with Crippen LogP contribution < -0.4 is 9.64 Å². The highest BCUT2D eigenvalue weighted by Crippen LogP contribution is 2.57. The van der Waals surface area contributed by atoms with Gasteiger partial charge in [-0.3, -0.25) is 19.8 Å². The molecule has 1 aliphatic carbocycles. The molecule has 2 aliphatic heterocycles. The van der Waals surface area contributed by atoms with E-state index in [4.69, 9.17) is 27.9 Å². The van der Waals surface area contributed by atoms with Crippen molar-refractivity contribution in [1.82, 2.24) is 0 Å². The number of hydrogen-bond acceptors (Lipinski definition) is 4. The third kappa shape index (κ3) is 4.38. The first-order valence-corrected chi connectivity index (χ1v) is 14.3. The van der Waals surface area contributed by atoms with Gasteiger partial charge in [0.25, 0.3) is 11.6 Å². The van der Waals surface area contributed by atoms with Crippen LogP contribution >= 0.6 is 23.2 Å². The van der Waals surface area contributed by atoms with Crippen molar-refractivity contribution in [2.45, 2.75) is 11.6 Å². The molecule has 0 spiro atoms. The SMILES string of the molecule is O=C(c1ccc([N+](=O)[O-])cc1)N1c2c(Cl)cc(Cl)cc2OC2(/C=C/c3ccccc3)c3ccccc3C1c1ccccc12. The Morgan fingerprint density at radius 2 is 1.44 bits per heavy atom. The summed E-state index contributed by atoms with van der Waals surface area (Å²) in [7, 11) is 0. The van der Waals surface area contributed by atoms with E-state index in [-0.39, 0.29) is 16.3 Å². The fourth-order valence-electron chi connectivity index (χ4n) is 6.08. The van der Waals surface area contributed by atoms with Gasteiger partial charge in [-0.2, -0.15) is 0 Å². The standard InChI is InChI=1S/C35H22Cl2N2O4/c36-24-20-30(37)33-31(21-24)43-35(19-18-22-8-2-1-3-9-22)28-12-6-4-10-26(28)32(27-11-5-7-13-29(27)35)38(33)34(40)23-14-16-25(17-15-23)39(41)42/h1-21,32H/b19-18+. The molecule has 6 nitrogen and oxygen atoms in total. The molecule has 2 bridgehead atoms. The van der Waals surface area contributed by atoms with Crippen LogP contribution in [0.1, 0.15) is 44.2 Å². The molecule has 8 rings (SSSR count). The van der Waals surface area contributed by atoms with Crippen LogP contribution in [0.4, 0.5) is 11.4 Å². The lowest BCUT2D eigenvalue weighted by molar-refractivity contribution is -0.384. The van der Waals surface area contributed by atoms with Crippen molar-refractivity contribution in [3.05, 3.63) is 175 Å². The Bertz CT molecular complexity index is 1890. The minimum Gasteiger partial charge on any atom is -0.471 e. The van der Waals surface area contributed by atoms with Gasteiger partial charge in [0, 0.05) is 39.9 Å². The molecule has 210 valence electrons. The van der Waals surface area contributed by atoms with Gasteiger partial charge in [-0.25, -0.2) is 0 Å². The second kappa shape index (κ2) is 10.4. The van der Waals surface area contributed by atoms with Crippen LogP contribution in [0.3, 0.4) is 0 Å². The molecule has 2 heterocycles. The van der Waals surface area contributed by atoms with Gasteiger partial charge in [0.1, 0.15) is 11.4 Å². The fraction of sp³-hybridized carbons (Fsp3) is 0.0571. The van der Waals surface area contributed by atoms with E-state index in [0.717, 1.165) is 27.8 Å². The third-order valence-electron chi connectivity index (χ3n) is 7.93. The summed E-state index contributed by atoms with van der Waals surface area (Å²) in [5.41, 5.74) is 3.91. The van der Waals surface area contributed by atoms with Crippen LogP contribution in [0, 0.1) is 10.1 Å². The van der Waals surface area contributed by atoms with Gasteiger partial charge >= 0.3 is 0 Å². The second-order valence-corrected chi connectivity index (χ2v) is 11.2. The van der Waals surface area contributed by atoms with E-state index in [2.05, 4.69) is 0 Å². The van der Waals surface area contributed by atoms with Gasteiger partial charge in [-0.1, -0.05) is 108 Å². The highest BCUT2D eigenvalue weighted by molar-refractivity contribution is 6.37. The van der Waals surface area contributed by atoms with Gasteiger partial charge in [0.2, 0.25) is 0 Å². The fourth-order valence-corrected chi connectivity index (χ4v) is 6.65. The first-order valence-electron chi connectivity index (χ1n) is 13.6.